The highest BCUT2D eigenvalue weighted by molar-refractivity contribution is 7.81. The van der Waals surface area contributed by atoms with Crippen LogP contribution in [0.2, 0.25) is 0 Å². The molecule has 2 amide bonds. The van der Waals surface area contributed by atoms with Gasteiger partial charge in [0.25, 0.3) is 11.8 Å². The lowest BCUT2D eigenvalue weighted by Gasteiger charge is -2.22. The Balaban J connectivity index is 0.913. The van der Waals surface area contributed by atoms with Gasteiger partial charge in [-0.3, -0.25) is 29.4 Å². The van der Waals surface area contributed by atoms with E-state index in [-0.39, 0.29) is 28.6 Å². The van der Waals surface area contributed by atoms with Crippen LogP contribution >= 0.6 is 12.6 Å². The second-order valence-corrected chi connectivity index (χ2v) is 15.9. The Morgan fingerprint density at radius 3 is 1.80 bits per heavy atom. The summed E-state index contributed by atoms with van der Waals surface area (Å²) in [6.07, 6.45) is 7.40. The Hall–Kier alpha value is -5.49. The van der Waals surface area contributed by atoms with Crippen molar-refractivity contribution in [3.63, 3.8) is 0 Å². The molecule has 0 radical (unpaired) electrons. The van der Waals surface area contributed by atoms with Gasteiger partial charge in [0.2, 0.25) is 0 Å². The van der Waals surface area contributed by atoms with Crippen molar-refractivity contribution in [2.75, 3.05) is 43.8 Å². The van der Waals surface area contributed by atoms with Gasteiger partial charge in [0.15, 0.2) is 23.0 Å². The summed E-state index contributed by atoms with van der Waals surface area (Å²) in [6.45, 7) is 5.38. The SMILES string of the molecule is COc1cc2c(cc1OCCCOc1cc3c(cc1OC)C(=O)N1c4cc(OCCCC(C)(C)S)ccc4C[C@H]1C=N3)N=C[C@@H]1Cc3ccccc3N1C2=O. The van der Waals surface area contributed by atoms with Crippen molar-refractivity contribution < 1.29 is 33.3 Å². The van der Waals surface area contributed by atoms with E-state index in [1.54, 1.807) is 43.4 Å². The molecule has 0 fully saturated rings. The molecule has 4 aromatic carbocycles. The van der Waals surface area contributed by atoms with Gasteiger partial charge in [0, 0.05) is 60.3 Å². The third-order valence-electron chi connectivity index (χ3n) is 10.3. The monoisotopic (exact) mass is 760 g/mol. The molecule has 11 nitrogen and oxygen atoms in total. The standard InChI is InChI=1S/C43H44N4O7S/c1-43(2,55)13-7-14-52-30-12-11-27-18-29-25-45-34-23-40(38(51-4)21-32(34)42(49)47(29)36(27)19-30)54-16-8-15-53-39-22-33-31(20-37(39)50-3)41(48)46-28(24-44-33)17-26-9-5-6-10-35(26)46/h5-6,9-12,19-25,28-29,55H,7-8,13-18H2,1-4H3/t28-,29-/m0/s1. The van der Waals surface area contributed by atoms with Crippen LogP contribution in [-0.2, 0) is 12.8 Å². The molecule has 4 aliphatic heterocycles. The first-order valence-electron chi connectivity index (χ1n) is 18.6. The summed E-state index contributed by atoms with van der Waals surface area (Å²) in [5.74, 6) is 2.30. The molecule has 4 aliphatic rings. The van der Waals surface area contributed by atoms with E-state index in [4.69, 9.17) is 33.7 Å². The van der Waals surface area contributed by atoms with Crippen molar-refractivity contribution in [3.8, 4) is 28.7 Å². The average molecular weight is 761 g/mol. The minimum absolute atomic E-state index is 0.0506. The number of aliphatic imine (C=N–C) groups is 2. The number of methoxy groups -OCH3 is 2. The Kier molecular flexibility index (Phi) is 9.93. The van der Waals surface area contributed by atoms with E-state index in [0.717, 1.165) is 47.5 Å². The second-order valence-electron chi connectivity index (χ2n) is 14.7. The minimum Gasteiger partial charge on any atom is -0.494 e. The van der Waals surface area contributed by atoms with E-state index in [2.05, 4.69) is 26.5 Å². The molecule has 0 saturated carbocycles. The molecule has 0 aliphatic carbocycles. The third-order valence-corrected chi connectivity index (χ3v) is 10.6. The van der Waals surface area contributed by atoms with Gasteiger partial charge in [0.05, 0.1) is 74.3 Å². The summed E-state index contributed by atoms with van der Waals surface area (Å²) in [4.78, 5) is 40.9. The minimum atomic E-state index is -0.217. The maximum atomic E-state index is 14.1. The van der Waals surface area contributed by atoms with Crippen LogP contribution in [0.25, 0.3) is 0 Å². The summed E-state index contributed by atoms with van der Waals surface area (Å²) >= 11 is 4.61. The number of thiol groups is 1. The summed E-state index contributed by atoms with van der Waals surface area (Å²) in [6, 6.07) is 20.4. The van der Waals surface area contributed by atoms with Crippen LogP contribution in [0.4, 0.5) is 22.7 Å². The normalized spacial score (nSPS) is 17.7. The smallest absolute Gasteiger partial charge is 0.261 e. The number of anilines is 2. The van der Waals surface area contributed by atoms with E-state index >= 15 is 0 Å². The van der Waals surface area contributed by atoms with E-state index in [1.807, 2.05) is 59.8 Å². The molecule has 0 saturated heterocycles. The van der Waals surface area contributed by atoms with Gasteiger partial charge < -0.3 is 23.7 Å². The first-order valence-corrected chi connectivity index (χ1v) is 19.1. The molecular formula is C43H44N4O7S. The van der Waals surface area contributed by atoms with Crippen LogP contribution < -0.4 is 33.5 Å². The lowest BCUT2D eigenvalue weighted by atomic mass is 10.1. The average Bonchev–Trinajstić information content (AvgIpc) is 3.66. The van der Waals surface area contributed by atoms with Crippen molar-refractivity contribution in [1.29, 1.82) is 0 Å². The topological polar surface area (TPSA) is 111 Å². The molecular weight excluding hydrogens is 717 g/mol. The molecule has 4 heterocycles. The van der Waals surface area contributed by atoms with Crippen LogP contribution in [0.1, 0.15) is 65.0 Å². The van der Waals surface area contributed by atoms with Gasteiger partial charge in [-0.15, -0.1) is 0 Å². The third kappa shape index (κ3) is 7.23. The van der Waals surface area contributed by atoms with Crippen molar-refractivity contribution in [3.05, 3.63) is 89.0 Å². The zero-order chi connectivity index (χ0) is 38.3. The number of hydrogen-bond acceptors (Lipinski definition) is 10. The molecule has 0 spiro atoms. The van der Waals surface area contributed by atoms with E-state index in [9.17, 15) is 9.59 Å². The van der Waals surface area contributed by atoms with Crippen LogP contribution in [0.5, 0.6) is 28.7 Å². The Morgan fingerprint density at radius 1 is 0.673 bits per heavy atom. The van der Waals surface area contributed by atoms with E-state index in [0.29, 0.717) is 78.2 Å². The number of ether oxygens (including phenoxy) is 5. The molecule has 0 unspecified atom stereocenters. The van der Waals surface area contributed by atoms with Gasteiger partial charge >= 0.3 is 0 Å². The van der Waals surface area contributed by atoms with Crippen molar-refractivity contribution in [2.45, 2.75) is 62.8 Å². The highest BCUT2D eigenvalue weighted by atomic mass is 32.1. The molecule has 284 valence electrons. The number of carbonyl (C=O) groups is 2. The fourth-order valence-corrected chi connectivity index (χ4v) is 7.77. The zero-order valence-corrected chi connectivity index (χ0v) is 32.3. The summed E-state index contributed by atoms with van der Waals surface area (Å²) in [7, 11) is 3.10. The Morgan fingerprint density at radius 2 is 1.22 bits per heavy atom. The van der Waals surface area contributed by atoms with Gasteiger partial charge in [-0.05, 0) is 48.2 Å². The number of carbonyl (C=O) groups excluding carboxylic acids is 2. The number of para-hydroxylation sites is 1. The fraction of sp³-hybridized carbons (Fsp3) is 0.349. The van der Waals surface area contributed by atoms with E-state index in [1.165, 1.54) is 0 Å². The summed E-state index contributed by atoms with van der Waals surface area (Å²) in [5.41, 5.74) is 5.89. The van der Waals surface area contributed by atoms with Crippen LogP contribution in [0.3, 0.4) is 0 Å². The van der Waals surface area contributed by atoms with Gasteiger partial charge in [-0.1, -0.05) is 38.1 Å². The Labute approximate surface area is 326 Å². The first kappa shape index (κ1) is 36.5. The molecule has 8 rings (SSSR count). The highest BCUT2D eigenvalue weighted by Crippen LogP contribution is 2.43. The molecule has 4 aromatic rings. The lowest BCUT2D eigenvalue weighted by Crippen LogP contribution is -2.37. The van der Waals surface area contributed by atoms with E-state index < -0.39 is 0 Å². The number of hydrogen-bond donors (Lipinski definition) is 1. The molecule has 0 aromatic heterocycles. The molecule has 0 N–H and O–H groups in total. The van der Waals surface area contributed by atoms with Crippen LogP contribution in [0, 0.1) is 0 Å². The number of rotatable bonds is 13. The largest absolute Gasteiger partial charge is 0.494 e. The molecule has 55 heavy (non-hydrogen) atoms. The first-order chi connectivity index (χ1) is 26.6. The number of nitrogens with zero attached hydrogens (tertiary/aromatic N) is 4. The molecule has 0 bridgehead atoms. The van der Waals surface area contributed by atoms with Crippen LogP contribution in [-0.4, -0.2) is 75.1 Å². The van der Waals surface area contributed by atoms with Gasteiger partial charge in [-0.25, -0.2) is 0 Å². The number of benzene rings is 4. The maximum Gasteiger partial charge on any atom is 0.261 e. The predicted molar refractivity (Wildman–Crippen MR) is 217 cm³/mol. The van der Waals surface area contributed by atoms with Crippen molar-refractivity contribution >= 4 is 59.6 Å². The number of amides is 2. The van der Waals surface area contributed by atoms with Crippen molar-refractivity contribution in [1.82, 2.24) is 0 Å². The fourth-order valence-electron chi connectivity index (χ4n) is 7.61. The second kappa shape index (κ2) is 15.0. The van der Waals surface area contributed by atoms with Gasteiger partial charge in [-0.2, -0.15) is 12.6 Å². The maximum absolute atomic E-state index is 14.1. The quantitative estimate of drug-likeness (QED) is 0.109. The van der Waals surface area contributed by atoms with Crippen molar-refractivity contribution in [2.24, 2.45) is 9.98 Å². The predicted octanol–water partition coefficient (Wildman–Crippen LogP) is 7.99. The summed E-state index contributed by atoms with van der Waals surface area (Å²) < 4.78 is 29.6. The number of fused-ring (bicyclic) bond motifs is 8. The summed E-state index contributed by atoms with van der Waals surface area (Å²) in [5, 5.41) is 0. The Bertz CT molecular complexity index is 2210. The van der Waals surface area contributed by atoms with Crippen LogP contribution in [0.15, 0.2) is 76.7 Å². The molecule has 2 atom stereocenters. The zero-order valence-electron chi connectivity index (χ0n) is 31.4. The van der Waals surface area contributed by atoms with Gasteiger partial charge in [0.1, 0.15) is 5.75 Å². The molecule has 12 heteroatoms. The highest BCUT2D eigenvalue weighted by Gasteiger charge is 2.38. The lowest BCUT2D eigenvalue weighted by molar-refractivity contribution is 0.0978.